The molecule has 0 fully saturated rings. The lowest BCUT2D eigenvalue weighted by molar-refractivity contribution is 0.110. The second-order valence-corrected chi connectivity index (χ2v) is 7.53. The van der Waals surface area contributed by atoms with Gasteiger partial charge < -0.3 is 0 Å². The molecule has 0 atom stereocenters. The van der Waals surface area contributed by atoms with E-state index < -0.39 is 0 Å². The fraction of sp³-hybridized carbons (Fsp3) is 0.647. The van der Waals surface area contributed by atoms with E-state index in [-0.39, 0.29) is 11.4 Å². The van der Waals surface area contributed by atoms with Gasteiger partial charge in [-0.2, -0.15) is 0 Å². The average molecular weight is 265 g/mol. The largest absolute Gasteiger partial charge is 0.294 e. The van der Waals surface area contributed by atoms with Crippen molar-refractivity contribution in [3.05, 3.63) is 35.6 Å². The van der Waals surface area contributed by atoms with Crippen molar-refractivity contribution in [1.29, 1.82) is 0 Å². The molecule has 0 radical (unpaired) electrons. The summed E-state index contributed by atoms with van der Waals surface area (Å²) in [5, 5.41) is 0. The second-order valence-electron chi connectivity index (χ2n) is 7.53. The van der Waals surface area contributed by atoms with Crippen LogP contribution in [0.5, 0.6) is 0 Å². The van der Waals surface area contributed by atoms with Gasteiger partial charge in [0.05, 0.1) is 0 Å². The molecule has 1 aromatic carbocycles. The normalized spacial score (nSPS) is 13.1. The molecule has 0 N–H and O–H groups in total. The molecule has 1 rings (SSSR count). The quantitative estimate of drug-likeness (QED) is 0.751. The zero-order chi connectivity index (χ0) is 14.7. The lowest BCUT2D eigenvalue weighted by Crippen LogP contribution is -2.42. The molecule has 0 saturated heterocycles. The summed E-state index contributed by atoms with van der Waals surface area (Å²) in [5.41, 5.74) is 1.64. The van der Waals surface area contributed by atoms with Crippen LogP contribution in [0.3, 0.4) is 0 Å². The summed E-state index contributed by atoms with van der Waals surface area (Å²) in [4.78, 5) is 2.46. The maximum absolute atomic E-state index is 12.9. The number of hydrogen-bond acceptors (Lipinski definition) is 1. The highest BCUT2D eigenvalue weighted by molar-refractivity contribution is 5.16. The number of halogens is 1. The van der Waals surface area contributed by atoms with Gasteiger partial charge in [-0.1, -0.05) is 32.9 Å². The smallest absolute Gasteiger partial charge is 0.123 e. The number of nitrogens with zero attached hydrogens (tertiary/aromatic N) is 1. The number of benzene rings is 1. The van der Waals surface area contributed by atoms with Crippen LogP contribution in [0.15, 0.2) is 24.3 Å². The summed E-state index contributed by atoms with van der Waals surface area (Å²) in [6.45, 7) is 15.4. The van der Waals surface area contributed by atoms with E-state index in [2.05, 4.69) is 46.4 Å². The molecule has 19 heavy (non-hydrogen) atoms. The van der Waals surface area contributed by atoms with Gasteiger partial charge in [0.15, 0.2) is 0 Å². The van der Waals surface area contributed by atoms with E-state index in [1.807, 2.05) is 12.1 Å². The van der Waals surface area contributed by atoms with Gasteiger partial charge in [-0.25, -0.2) is 4.39 Å². The van der Waals surface area contributed by atoms with E-state index >= 15 is 0 Å². The Hall–Kier alpha value is -0.890. The van der Waals surface area contributed by atoms with Crippen LogP contribution in [0.25, 0.3) is 0 Å². The maximum Gasteiger partial charge on any atom is 0.123 e. The van der Waals surface area contributed by atoms with Gasteiger partial charge in [0, 0.05) is 12.1 Å². The van der Waals surface area contributed by atoms with Crippen molar-refractivity contribution in [3.8, 4) is 0 Å². The van der Waals surface area contributed by atoms with Gasteiger partial charge in [-0.3, -0.25) is 4.90 Å². The summed E-state index contributed by atoms with van der Waals surface area (Å²) >= 11 is 0. The molecular formula is C17H28FN. The van der Waals surface area contributed by atoms with Crippen molar-refractivity contribution < 1.29 is 4.39 Å². The molecule has 0 heterocycles. The Morgan fingerprint density at radius 1 is 0.947 bits per heavy atom. The highest BCUT2D eigenvalue weighted by Gasteiger charge is 2.23. The van der Waals surface area contributed by atoms with E-state index in [0.717, 1.165) is 19.5 Å². The molecule has 0 amide bonds. The third-order valence-electron chi connectivity index (χ3n) is 3.37. The van der Waals surface area contributed by atoms with Crippen LogP contribution in [0.2, 0.25) is 0 Å². The van der Waals surface area contributed by atoms with Crippen molar-refractivity contribution >= 4 is 0 Å². The first kappa shape index (κ1) is 16.2. The lowest BCUT2D eigenvalue weighted by Gasteiger charge is -2.37. The highest BCUT2D eigenvalue weighted by atomic mass is 19.1. The zero-order valence-corrected chi connectivity index (χ0v) is 13.3. The summed E-state index contributed by atoms with van der Waals surface area (Å²) in [6, 6.07) is 6.84. The molecule has 108 valence electrons. The molecule has 0 spiro atoms. The van der Waals surface area contributed by atoms with Crippen LogP contribution in [0, 0.1) is 11.2 Å². The summed E-state index contributed by atoms with van der Waals surface area (Å²) in [6.07, 6.45) is 1.16. The fourth-order valence-electron chi connectivity index (χ4n) is 1.93. The molecule has 0 aromatic heterocycles. The van der Waals surface area contributed by atoms with Gasteiger partial charge in [-0.05, 0) is 56.8 Å². The Balaban J connectivity index is 2.73. The van der Waals surface area contributed by atoms with Crippen LogP contribution >= 0.6 is 0 Å². The number of hydrogen-bond donors (Lipinski definition) is 0. The fourth-order valence-corrected chi connectivity index (χ4v) is 1.93. The minimum atomic E-state index is -0.166. The van der Waals surface area contributed by atoms with Crippen molar-refractivity contribution in [2.75, 3.05) is 6.54 Å². The standard InChI is InChI=1S/C17H28FN/c1-16(2,3)11-12-19(17(4,5)6)13-14-7-9-15(18)10-8-14/h7-10H,11-13H2,1-6H3. The first-order valence-corrected chi connectivity index (χ1v) is 7.07. The van der Waals surface area contributed by atoms with E-state index in [4.69, 9.17) is 0 Å². The molecule has 0 aliphatic carbocycles. The highest BCUT2D eigenvalue weighted by Crippen LogP contribution is 2.24. The minimum absolute atomic E-state index is 0.125. The van der Waals surface area contributed by atoms with Gasteiger partial charge in [0.25, 0.3) is 0 Å². The van der Waals surface area contributed by atoms with Crippen molar-refractivity contribution in [2.24, 2.45) is 5.41 Å². The monoisotopic (exact) mass is 265 g/mol. The third-order valence-corrected chi connectivity index (χ3v) is 3.37. The molecule has 0 unspecified atom stereocenters. The van der Waals surface area contributed by atoms with Crippen LogP contribution < -0.4 is 0 Å². The molecule has 0 aliphatic heterocycles. The predicted molar refractivity (Wildman–Crippen MR) is 80.6 cm³/mol. The first-order valence-electron chi connectivity index (χ1n) is 7.07. The molecule has 0 saturated carbocycles. The van der Waals surface area contributed by atoms with Crippen LogP contribution in [-0.4, -0.2) is 17.0 Å². The van der Waals surface area contributed by atoms with Crippen molar-refractivity contribution in [2.45, 2.75) is 60.0 Å². The molecule has 1 nitrogen and oxygen atoms in total. The lowest BCUT2D eigenvalue weighted by atomic mass is 9.91. The van der Waals surface area contributed by atoms with E-state index in [1.54, 1.807) is 12.1 Å². The van der Waals surface area contributed by atoms with Crippen LogP contribution in [-0.2, 0) is 6.54 Å². The Labute approximate surface area is 117 Å². The van der Waals surface area contributed by atoms with Gasteiger partial charge >= 0.3 is 0 Å². The predicted octanol–water partition coefficient (Wildman–Crippen LogP) is 4.86. The number of rotatable bonds is 4. The second kappa shape index (κ2) is 6.04. The SMILES string of the molecule is CC(C)(C)CCN(Cc1ccc(F)cc1)C(C)(C)C. The maximum atomic E-state index is 12.9. The average Bonchev–Trinajstić information content (AvgIpc) is 2.23. The van der Waals surface area contributed by atoms with Gasteiger partial charge in [0.1, 0.15) is 5.82 Å². The van der Waals surface area contributed by atoms with Gasteiger partial charge in [-0.15, -0.1) is 0 Å². The molecule has 1 aromatic rings. The Morgan fingerprint density at radius 2 is 1.47 bits per heavy atom. The van der Waals surface area contributed by atoms with Gasteiger partial charge in [0.2, 0.25) is 0 Å². The first-order chi connectivity index (χ1) is 8.58. The molecule has 0 bridgehead atoms. The van der Waals surface area contributed by atoms with E-state index in [9.17, 15) is 4.39 Å². The molecule has 2 heteroatoms. The van der Waals surface area contributed by atoms with E-state index in [0.29, 0.717) is 5.41 Å². The Bertz CT molecular complexity index is 381. The minimum Gasteiger partial charge on any atom is -0.294 e. The zero-order valence-electron chi connectivity index (χ0n) is 13.3. The molecular weight excluding hydrogens is 237 g/mol. The summed E-state index contributed by atoms with van der Waals surface area (Å²) in [7, 11) is 0. The topological polar surface area (TPSA) is 3.24 Å². The summed E-state index contributed by atoms with van der Waals surface area (Å²) < 4.78 is 12.9. The van der Waals surface area contributed by atoms with Crippen molar-refractivity contribution in [3.63, 3.8) is 0 Å². The Morgan fingerprint density at radius 3 is 1.89 bits per heavy atom. The summed E-state index contributed by atoms with van der Waals surface area (Å²) in [5.74, 6) is -0.166. The van der Waals surface area contributed by atoms with Crippen molar-refractivity contribution in [1.82, 2.24) is 4.90 Å². The molecule has 0 aliphatic rings. The van der Waals surface area contributed by atoms with Crippen LogP contribution in [0.1, 0.15) is 53.5 Å². The third kappa shape index (κ3) is 6.20. The Kier molecular flexibility index (Phi) is 5.14. The van der Waals surface area contributed by atoms with E-state index in [1.165, 1.54) is 5.56 Å². The van der Waals surface area contributed by atoms with Crippen LogP contribution in [0.4, 0.5) is 4.39 Å².